The van der Waals surface area contributed by atoms with E-state index in [2.05, 4.69) is 29.7 Å². The van der Waals surface area contributed by atoms with Crippen LogP contribution in [0.3, 0.4) is 0 Å². The summed E-state index contributed by atoms with van der Waals surface area (Å²) in [6.45, 7) is 8.79. The molecule has 100 valence electrons. The first-order valence-electron chi connectivity index (χ1n) is 6.49. The largest absolute Gasteiger partial charge is 0.338 e. The van der Waals surface area contributed by atoms with Crippen LogP contribution in [-0.2, 0) is 0 Å². The maximum atomic E-state index is 11.6. The van der Waals surface area contributed by atoms with Crippen LogP contribution in [0.2, 0.25) is 0 Å². The van der Waals surface area contributed by atoms with Crippen LogP contribution in [0.1, 0.15) is 45.6 Å². The van der Waals surface area contributed by atoms with Gasteiger partial charge in [0.2, 0.25) is 0 Å². The number of rotatable bonds is 4. The van der Waals surface area contributed by atoms with Gasteiger partial charge >= 0.3 is 6.03 Å². The van der Waals surface area contributed by atoms with E-state index in [1.54, 1.807) is 0 Å². The fraction of sp³-hybridized carbons (Fsp3) is 0.533. The molecule has 0 saturated carbocycles. The maximum Gasteiger partial charge on any atom is 0.315 e. The minimum Gasteiger partial charge on any atom is -0.338 e. The first-order chi connectivity index (χ1) is 8.38. The summed E-state index contributed by atoms with van der Waals surface area (Å²) < 4.78 is 0. The molecule has 0 saturated heterocycles. The molecular formula is C15H24N2O. The van der Waals surface area contributed by atoms with Gasteiger partial charge in [0, 0.05) is 12.1 Å². The van der Waals surface area contributed by atoms with Crippen molar-refractivity contribution < 1.29 is 4.79 Å². The minimum absolute atomic E-state index is 0.0947. The topological polar surface area (TPSA) is 41.1 Å². The van der Waals surface area contributed by atoms with E-state index >= 15 is 0 Å². The van der Waals surface area contributed by atoms with Crippen molar-refractivity contribution >= 4 is 6.03 Å². The van der Waals surface area contributed by atoms with Crippen LogP contribution in [0.15, 0.2) is 30.3 Å². The van der Waals surface area contributed by atoms with Crippen molar-refractivity contribution in [1.82, 2.24) is 10.6 Å². The Morgan fingerprint density at radius 2 is 1.83 bits per heavy atom. The molecule has 1 rings (SSSR count). The normalized spacial score (nSPS) is 12.9. The van der Waals surface area contributed by atoms with Crippen LogP contribution in [0.25, 0.3) is 0 Å². The lowest BCUT2D eigenvalue weighted by molar-refractivity contribution is 0.231. The Hall–Kier alpha value is -1.51. The molecule has 0 radical (unpaired) electrons. The van der Waals surface area contributed by atoms with Crippen LogP contribution < -0.4 is 10.6 Å². The standard InChI is InChI=1S/C15H24N2O/c1-12(13-8-6-5-7-9-13)10-11-16-14(18)17-15(2,3)4/h5-9,12H,10-11H2,1-4H3,(H2,16,17,18). The zero-order valence-corrected chi connectivity index (χ0v) is 11.8. The van der Waals surface area contributed by atoms with Gasteiger partial charge in [0.15, 0.2) is 0 Å². The highest BCUT2D eigenvalue weighted by Crippen LogP contribution is 2.17. The molecule has 0 fully saturated rings. The summed E-state index contributed by atoms with van der Waals surface area (Å²) in [5, 5.41) is 5.77. The number of carbonyl (C=O) groups excluding carboxylic acids is 1. The van der Waals surface area contributed by atoms with E-state index in [0.29, 0.717) is 12.5 Å². The van der Waals surface area contributed by atoms with Gasteiger partial charge in [0.1, 0.15) is 0 Å². The van der Waals surface area contributed by atoms with Gasteiger partial charge in [-0.3, -0.25) is 0 Å². The van der Waals surface area contributed by atoms with Crippen molar-refractivity contribution in [3.63, 3.8) is 0 Å². The molecule has 1 aromatic carbocycles. The summed E-state index contributed by atoms with van der Waals surface area (Å²) >= 11 is 0. The number of benzene rings is 1. The van der Waals surface area contributed by atoms with E-state index in [4.69, 9.17) is 0 Å². The van der Waals surface area contributed by atoms with E-state index in [0.717, 1.165) is 6.42 Å². The highest BCUT2D eigenvalue weighted by atomic mass is 16.2. The monoisotopic (exact) mass is 248 g/mol. The van der Waals surface area contributed by atoms with E-state index < -0.39 is 0 Å². The molecule has 0 aromatic heterocycles. The van der Waals surface area contributed by atoms with Crippen LogP contribution >= 0.6 is 0 Å². The Labute approximate surface area is 110 Å². The van der Waals surface area contributed by atoms with Gasteiger partial charge in [-0.15, -0.1) is 0 Å². The number of amides is 2. The third-order valence-electron chi connectivity index (χ3n) is 2.72. The highest BCUT2D eigenvalue weighted by molar-refractivity contribution is 5.74. The van der Waals surface area contributed by atoms with Gasteiger partial charge in [-0.05, 0) is 38.7 Å². The Balaban J connectivity index is 2.28. The van der Waals surface area contributed by atoms with Crippen molar-refractivity contribution in [2.45, 2.75) is 45.6 Å². The Kier molecular flexibility index (Phi) is 5.20. The van der Waals surface area contributed by atoms with Gasteiger partial charge in [-0.1, -0.05) is 37.3 Å². The van der Waals surface area contributed by atoms with Crippen molar-refractivity contribution in [3.8, 4) is 0 Å². The molecule has 2 N–H and O–H groups in total. The lowest BCUT2D eigenvalue weighted by Gasteiger charge is -2.21. The molecule has 0 aliphatic carbocycles. The second-order valence-corrected chi connectivity index (χ2v) is 5.73. The minimum atomic E-state index is -0.185. The zero-order valence-electron chi connectivity index (χ0n) is 11.8. The number of carbonyl (C=O) groups is 1. The predicted octanol–water partition coefficient (Wildman–Crippen LogP) is 3.28. The molecule has 1 aromatic rings. The molecule has 0 spiro atoms. The van der Waals surface area contributed by atoms with Gasteiger partial charge in [0.25, 0.3) is 0 Å². The summed E-state index contributed by atoms with van der Waals surface area (Å²) in [5.41, 5.74) is 1.13. The number of urea groups is 1. The smallest absolute Gasteiger partial charge is 0.315 e. The molecule has 0 aliphatic rings. The van der Waals surface area contributed by atoms with Crippen LogP contribution in [0.5, 0.6) is 0 Å². The summed E-state index contributed by atoms with van der Waals surface area (Å²) in [6.07, 6.45) is 0.946. The molecule has 2 amide bonds. The second kappa shape index (κ2) is 6.43. The Bertz CT molecular complexity index is 368. The molecule has 0 aliphatic heterocycles. The fourth-order valence-corrected chi connectivity index (χ4v) is 1.74. The van der Waals surface area contributed by atoms with Gasteiger partial charge in [-0.25, -0.2) is 4.79 Å². The number of hydrogen-bond acceptors (Lipinski definition) is 1. The molecule has 0 heterocycles. The quantitative estimate of drug-likeness (QED) is 0.843. The summed E-state index contributed by atoms with van der Waals surface area (Å²) in [4.78, 5) is 11.6. The first-order valence-corrected chi connectivity index (χ1v) is 6.49. The predicted molar refractivity (Wildman–Crippen MR) is 75.8 cm³/mol. The number of nitrogens with one attached hydrogen (secondary N) is 2. The number of hydrogen-bond donors (Lipinski definition) is 2. The van der Waals surface area contributed by atoms with Gasteiger partial charge in [0.05, 0.1) is 0 Å². The highest BCUT2D eigenvalue weighted by Gasteiger charge is 2.13. The van der Waals surface area contributed by atoms with Crippen LogP contribution in [-0.4, -0.2) is 18.1 Å². The fourth-order valence-electron chi connectivity index (χ4n) is 1.74. The summed E-state index contributed by atoms with van der Waals surface area (Å²) in [5.74, 6) is 0.459. The maximum absolute atomic E-state index is 11.6. The third-order valence-corrected chi connectivity index (χ3v) is 2.72. The SMILES string of the molecule is CC(CCNC(=O)NC(C)(C)C)c1ccccc1. The van der Waals surface area contributed by atoms with E-state index in [1.165, 1.54) is 5.56 Å². The molecular weight excluding hydrogens is 224 g/mol. The first kappa shape index (κ1) is 14.6. The lowest BCUT2D eigenvalue weighted by atomic mass is 9.98. The molecule has 0 bridgehead atoms. The van der Waals surface area contributed by atoms with Gasteiger partial charge in [-0.2, -0.15) is 0 Å². The van der Waals surface area contributed by atoms with Crippen LogP contribution in [0, 0.1) is 0 Å². The average molecular weight is 248 g/mol. The van der Waals surface area contributed by atoms with E-state index in [1.807, 2.05) is 39.0 Å². The van der Waals surface area contributed by atoms with Crippen LogP contribution in [0.4, 0.5) is 4.79 Å². The van der Waals surface area contributed by atoms with Crippen molar-refractivity contribution in [2.75, 3.05) is 6.54 Å². The Morgan fingerprint density at radius 3 is 2.39 bits per heavy atom. The molecule has 3 nitrogen and oxygen atoms in total. The second-order valence-electron chi connectivity index (χ2n) is 5.73. The molecule has 1 unspecified atom stereocenters. The van der Waals surface area contributed by atoms with E-state index in [9.17, 15) is 4.79 Å². The third kappa shape index (κ3) is 5.71. The molecule has 18 heavy (non-hydrogen) atoms. The van der Waals surface area contributed by atoms with Crippen molar-refractivity contribution in [3.05, 3.63) is 35.9 Å². The summed E-state index contributed by atoms with van der Waals surface area (Å²) in [6, 6.07) is 10.3. The van der Waals surface area contributed by atoms with Crippen molar-refractivity contribution in [1.29, 1.82) is 0 Å². The average Bonchev–Trinajstić information content (AvgIpc) is 2.27. The zero-order chi connectivity index (χ0) is 13.6. The van der Waals surface area contributed by atoms with Crippen molar-refractivity contribution in [2.24, 2.45) is 0 Å². The lowest BCUT2D eigenvalue weighted by Crippen LogP contribution is -2.46. The van der Waals surface area contributed by atoms with E-state index in [-0.39, 0.29) is 11.6 Å². The molecule has 3 heteroatoms. The Morgan fingerprint density at radius 1 is 1.22 bits per heavy atom. The molecule has 1 atom stereocenters. The van der Waals surface area contributed by atoms with Gasteiger partial charge < -0.3 is 10.6 Å². The summed E-state index contributed by atoms with van der Waals surface area (Å²) in [7, 11) is 0.